The van der Waals surface area contributed by atoms with Gasteiger partial charge < -0.3 is 0 Å². The van der Waals surface area contributed by atoms with Crippen molar-refractivity contribution in [1.29, 1.82) is 0 Å². The molecule has 0 aliphatic carbocycles. The van der Waals surface area contributed by atoms with Crippen molar-refractivity contribution in [2.24, 2.45) is 0 Å². The van der Waals surface area contributed by atoms with Gasteiger partial charge in [-0.15, -0.1) is 0 Å². The van der Waals surface area contributed by atoms with Crippen LogP contribution in [0, 0.1) is 0 Å². The van der Waals surface area contributed by atoms with E-state index in [4.69, 9.17) is 0 Å². The van der Waals surface area contributed by atoms with Crippen molar-refractivity contribution in [2.75, 3.05) is 6.67 Å². The summed E-state index contributed by atoms with van der Waals surface area (Å²) in [5.41, 5.74) is 0. The highest BCUT2D eigenvalue weighted by Crippen LogP contribution is 2.63. The van der Waals surface area contributed by atoms with Crippen LogP contribution in [-0.2, 0) is 4.79 Å². The second kappa shape index (κ2) is 6.93. The summed E-state index contributed by atoms with van der Waals surface area (Å²) in [6, 6.07) is 0. The van der Waals surface area contributed by atoms with E-state index in [9.17, 15) is 79.4 Å². The summed E-state index contributed by atoms with van der Waals surface area (Å²) in [6.07, 6.45) is 0. The molecule has 0 N–H and O–H groups in total. The van der Waals surface area contributed by atoms with Crippen molar-refractivity contribution in [3.8, 4) is 0 Å². The smallest absolute Gasteiger partial charge is 0.280 e. The monoisotopic (exact) mass is 494 g/mol. The van der Waals surface area contributed by atoms with Gasteiger partial charge >= 0.3 is 47.4 Å². The number of carbonyl (C=O) groups excluding carboxylic acids is 1. The van der Waals surface area contributed by atoms with Gasteiger partial charge in [0, 0.05) is 0 Å². The molecule has 0 atom stereocenters. The van der Waals surface area contributed by atoms with E-state index in [2.05, 4.69) is 0 Å². The molecule has 0 heterocycles. The first-order valence-corrected chi connectivity index (χ1v) is 6.52. The zero-order valence-corrected chi connectivity index (χ0v) is 13.4. The predicted octanol–water partition coefficient (Wildman–Crippen LogP) is 5.49. The van der Waals surface area contributed by atoms with E-state index in [1.54, 1.807) is 0 Å². The summed E-state index contributed by atoms with van der Waals surface area (Å²) < 4.78 is 219. The van der Waals surface area contributed by atoms with Crippen LogP contribution in [-0.4, -0.2) is 59.2 Å². The molecule has 0 saturated heterocycles. The number of rotatable bonds is 9. The molecule has 0 amide bonds. The largest absolute Gasteiger partial charge is 0.386 e. The van der Waals surface area contributed by atoms with Gasteiger partial charge in [0.05, 0.1) is 0 Å². The molecule has 0 radical (unpaired) electrons. The van der Waals surface area contributed by atoms with Crippen molar-refractivity contribution in [3.05, 3.63) is 0 Å². The van der Waals surface area contributed by atoms with Gasteiger partial charge in [-0.1, -0.05) is 12.6 Å². The number of thiol groups is 1. The Balaban J connectivity index is 6.80. The molecule has 0 aliphatic heterocycles. The first kappa shape index (κ1) is 27.8. The number of hydrogen-bond acceptors (Lipinski definition) is 1. The van der Waals surface area contributed by atoms with Gasteiger partial charge in [-0.25, -0.2) is 4.39 Å². The Kier molecular flexibility index (Phi) is 6.65. The van der Waals surface area contributed by atoms with Crippen LogP contribution in [0.2, 0.25) is 0 Å². The lowest BCUT2D eigenvalue weighted by Gasteiger charge is -2.43. The van der Waals surface area contributed by atoms with E-state index < -0.39 is 59.2 Å². The Morgan fingerprint density at radius 1 is 0.517 bits per heavy atom. The molecule has 29 heavy (non-hydrogen) atoms. The van der Waals surface area contributed by atoms with Gasteiger partial charge in [0.15, 0.2) is 6.67 Å². The third-order valence-electron chi connectivity index (χ3n) is 3.26. The molecule has 174 valence electrons. The van der Waals surface area contributed by atoms with Gasteiger partial charge in [0.25, 0.3) is 5.12 Å². The third-order valence-corrected chi connectivity index (χ3v) is 3.54. The van der Waals surface area contributed by atoms with Crippen molar-refractivity contribution < 1.29 is 79.4 Å². The molecular weight excluding hydrogens is 491 g/mol. The van der Waals surface area contributed by atoms with Crippen molar-refractivity contribution in [3.63, 3.8) is 0 Å². The Morgan fingerprint density at radius 3 is 1.00 bits per heavy atom. The molecule has 0 aromatic heterocycles. The van der Waals surface area contributed by atoms with E-state index in [1.165, 1.54) is 0 Å². The summed E-state index contributed by atoms with van der Waals surface area (Å²) >= 11 is 1.88. The second-order valence-corrected chi connectivity index (χ2v) is 5.57. The van der Waals surface area contributed by atoms with Gasteiger partial charge in [0.1, 0.15) is 0 Å². The van der Waals surface area contributed by atoms with E-state index in [0.717, 1.165) is 0 Å². The normalized spacial score (nSPS) is 16.2. The summed E-state index contributed by atoms with van der Waals surface area (Å²) in [7, 11) is 0. The lowest BCUT2D eigenvalue weighted by atomic mass is 9.88. The van der Waals surface area contributed by atoms with Crippen LogP contribution in [0.3, 0.4) is 0 Å². The molecule has 1 nitrogen and oxygen atoms in total. The average Bonchev–Trinajstić information content (AvgIpc) is 2.53. The highest BCUT2D eigenvalue weighted by Gasteiger charge is 2.95. The average molecular weight is 494 g/mol. The molecule has 0 aliphatic rings. The number of hydrogen-bond donors (Lipinski definition) is 1. The maximum atomic E-state index is 13.2. The molecule has 0 bridgehead atoms. The Bertz CT molecular complexity index is 638. The Labute approximate surface area is 152 Å². The molecule has 0 spiro atoms. The standard InChI is InChI=1S/C10H3F17OS/c11-1-3(12,13)5(16,17)7(20,21)9(24,25)10(26,27)8(22,23)6(18,19)4(14,15)2(28)29/h1H2,(H,28,29). The van der Waals surface area contributed by atoms with Crippen LogP contribution >= 0.6 is 12.6 Å². The van der Waals surface area contributed by atoms with Crippen molar-refractivity contribution in [2.45, 2.75) is 47.4 Å². The molecule has 0 aromatic rings. The van der Waals surface area contributed by atoms with Crippen LogP contribution < -0.4 is 0 Å². The zero-order chi connectivity index (χ0) is 24.3. The minimum absolute atomic E-state index is 1.88. The lowest BCUT2D eigenvalue weighted by molar-refractivity contribution is -0.450. The van der Waals surface area contributed by atoms with Crippen molar-refractivity contribution in [1.82, 2.24) is 0 Å². The van der Waals surface area contributed by atoms with Crippen LogP contribution in [0.4, 0.5) is 74.6 Å². The number of halogens is 17. The quantitative estimate of drug-likeness (QED) is 0.332. The topological polar surface area (TPSA) is 17.1 Å². The molecule has 0 rings (SSSR count). The van der Waals surface area contributed by atoms with E-state index in [0.29, 0.717) is 0 Å². The molecule has 19 heteroatoms. The van der Waals surface area contributed by atoms with E-state index >= 15 is 0 Å². The maximum Gasteiger partial charge on any atom is 0.386 e. The molecule has 0 saturated carbocycles. The molecule has 0 fully saturated rings. The fourth-order valence-corrected chi connectivity index (χ4v) is 1.57. The van der Waals surface area contributed by atoms with E-state index in [-0.39, 0.29) is 0 Å². The summed E-state index contributed by atoms with van der Waals surface area (Å²) in [5, 5.41) is -3.68. The minimum atomic E-state index is -8.64. The van der Waals surface area contributed by atoms with Gasteiger partial charge in [-0.05, 0) is 0 Å². The van der Waals surface area contributed by atoms with Gasteiger partial charge in [-0.3, -0.25) is 4.79 Å². The third kappa shape index (κ3) is 3.30. The fourth-order valence-electron chi connectivity index (χ4n) is 1.43. The Hall–Kier alpha value is -1.17. The van der Waals surface area contributed by atoms with Crippen LogP contribution in [0.25, 0.3) is 0 Å². The first-order valence-electron chi connectivity index (χ1n) is 6.07. The second-order valence-electron chi connectivity index (χ2n) is 5.16. The predicted molar refractivity (Wildman–Crippen MR) is 59.5 cm³/mol. The van der Waals surface area contributed by atoms with Crippen molar-refractivity contribution >= 4 is 17.7 Å². The highest BCUT2D eigenvalue weighted by atomic mass is 32.1. The van der Waals surface area contributed by atoms with Crippen LogP contribution in [0.1, 0.15) is 0 Å². The molecular formula is C10H3F17OS. The SMILES string of the molecule is O=C(S)C(F)(F)C(F)(F)C(F)(F)C(F)(F)C(F)(F)C(F)(F)C(F)(F)C(F)(F)CF. The molecule has 0 aromatic carbocycles. The number of alkyl halides is 17. The minimum Gasteiger partial charge on any atom is -0.280 e. The van der Waals surface area contributed by atoms with Gasteiger partial charge in [-0.2, -0.15) is 70.2 Å². The fraction of sp³-hybridized carbons (Fsp3) is 0.900. The molecule has 0 unspecified atom stereocenters. The highest BCUT2D eigenvalue weighted by molar-refractivity contribution is 7.96. The zero-order valence-electron chi connectivity index (χ0n) is 12.5. The van der Waals surface area contributed by atoms with Crippen LogP contribution in [0.15, 0.2) is 0 Å². The van der Waals surface area contributed by atoms with Gasteiger partial charge in [0.2, 0.25) is 0 Å². The summed E-state index contributed by atoms with van der Waals surface area (Å²) in [5.74, 6) is -64.1. The summed E-state index contributed by atoms with van der Waals surface area (Å²) in [6.45, 7) is -3.95. The Morgan fingerprint density at radius 2 is 0.759 bits per heavy atom. The number of carbonyl (C=O) groups is 1. The van der Waals surface area contributed by atoms with Crippen LogP contribution in [0.5, 0.6) is 0 Å². The first-order chi connectivity index (χ1) is 12.3. The lowest BCUT2D eigenvalue weighted by Crippen LogP contribution is -2.75. The maximum absolute atomic E-state index is 13.2. The van der Waals surface area contributed by atoms with E-state index in [1.807, 2.05) is 12.6 Å². The summed E-state index contributed by atoms with van der Waals surface area (Å²) in [4.78, 5) is 10.1.